The molecule has 2 N–H and O–H groups in total. The van der Waals surface area contributed by atoms with Crippen LogP contribution in [0.3, 0.4) is 0 Å². The SMILES string of the molecule is Cc1ccccc1C1=NN(C)C(c2nc(-c3ccc(C(=O)N(C)C)cc3)cnc2N)O1. The zero-order chi connectivity index (χ0) is 22.1. The number of hydrogen-bond acceptors (Lipinski definition) is 7. The lowest BCUT2D eigenvalue weighted by molar-refractivity contribution is 0.0744. The summed E-state index contributed by atoms with van der Waals surface area (Å²) in [5, 5.41) is 6.22. The Labute approximate surface area is 181 Å². The number of carbonyl (C=O) groups excluding carboxylic acids is 1. The molecular weight excluding hydrogens is 392 g/mol. The molecular formula is C23H24N6O2. The number of carbonyl (C=O) groups is 1. The second-order valence-electron chi connectivity index (χ2n) is 7.57. The number of anilines is 1. The summed E-state index contributed by atoms with van der Waals surface area (Å²) < 4.78 is 6.12. The van der Waals surface area contributed by atoms with Crippen LogP contribution in [0.15, 0.2) is 59.8 Å². The highest BCUT2D eigenvalue weighted by Gasteiger charge is 2.31. The van der Waals surface area contributed by atoms with Crippen molar-refractivity contribution in [2.24, 2.45) is 5.10 Å². The van der Waals surface area contributed by atoms with Gasteiger partial charge in [0.15, 0.2) is 5.82 Å². The molecule has 1 unspecified atom stereocenters. The molecule has 2 heterocycles. The smallest absolute Gasteiger partial charge is 0.253 e. The van der Waals surface area contributed by atoms with Gasteiger partial charge in [-0.05, 0) is 30.7 Å². The molecule has 0 spiro atoms. The van der Waals surface area contributed by atoms with Gasteiger partial charge in [0.05, 0.1) is 11.9 Å². The van der Waals surface area contributed by atoms with Crippen molar-refractivity contribution in [3.63, 3.8) is 0 Å². The fourth-order valence-corrected chi connectivity index (χ4v) is 3.34. The first-order valence-electron chi connectivity index (χ1n) is 9.83. The van der Waals surface area contributed by atoms with E-state index >= 15 is 0 Å². The molecule has 8 nitrogen and oxygen atoms in total. The number of aromatic nitrogens is 2. The molecule has 4 rings (SSSR count). The molecule has 158 valence electrons. The Bertz CT molecular complexity index is 1160. The summed E-state index contributed by atoms with van der Waals surface area (Å²) in [6.07, 6.45) is 1.02. The number of benzene rings is 2. The van der Waals surface area contributed by atoms with E-state index in [-0.39, 0.29) is 11.7 Å². The topological polar surface area (TPSA) is 96.9 Å². The summed E-state index contributed by atoms with van der Waals surface area (Å²) in [4.78, 5) is 22.7. The summed E-state index contributed by atoms with van der Waals surface area (Å²) >= 11 is 0. The van der Waals surface area contributed by atoms with Crippen molar-refractivity contribution in [2.75, 3.05) is 26.9 Å². The third kappa shape index (κ3) is 3.92. The van der Waals surface area contributed by atoms with E-state index in [9.17, 15) is 4.79 Å². The number of nitrogen functional groups attached to an aromatic ring is 1. The van der Waals surface area contributed by atoms with Crippen molar-refractivity contribution in [3.05, 3.63) is 77.1 Å². The Kier molecular flexibility index (Phi) is 5.29. The van der Waals surface area contributed by atoms with Crippen LogP contribution in [0, 0.1) is 6.92 Å². The quantitative estimate of drug-likeness (QED) is 0.702. The van der Waals surface area contributed by atoms with Gasteiger partial charge in [0.25, 0.3) is 5.91 Å². The highest BCUT2D eigenvalue weighted by molar-refractivity contribution is 5.96. The molecule has 8 heteroatoms. The van der Waals surface area contributed by atoms with Crippen LogP contribution < -0.4 is 5.73 Å². The predicted octanol–water partition coefficient (Wildman–Crippen LogP) is 3.06. The minimum Gasteiger partial charge on any atom is -0.444 e. The maximum atomic E-state index is 12.1. The summed E-state index contributed by atoms with van der Waals surface area (Å²) in [6, 6.07) is 15.1. The standard InChI is InChI=1S/C23H24N6O2/c1-14-7-5-6-8-17(14)21-27-29(4)23(31-21)19-20(24)25-13-18(26-19)15-9-11-16(12-10-15)22(30)28(2)3/h5-13,23H,1-4H3,(H2,24,25). The number of nitrogens with zero attached hydrogens (tertiary/aromatic N) is 5. The van der Waals surface area contributed by atoms with E-state index in [1.807, 2.05) is 50.4 Å². The minimum atomic E-state index is -0.586. The van der Waals surface area contributed by atoms with E-state index < -0.39 is 6.23 Å². The molecule has 0 aliphatic carbocycles. The van der Waals surface area contributed by atoms with Gasteiger partial charge in [-0.25, -0.2) is 9.97 Å². The minimum absolute atomic E-state index is 0.0579. The molecule has 0 fully saturated rings. The Morgan fingerprint density at radius 2 is 1.84 bits per heavy atom. The summed E-state index contributed by atoms with van der Waals surface area (Å²) in [7, 11) is 5.25. The molecule has 3 aromatic rings. The maximum absolute atomic E-state index is 12.1. The Hall–Kier alpha value is -3.94. The molecule has 2 aromatic carbocycles. The van der Waals surface area contributed by atoms with Gasteiger partial charge in [0.2, 0.25) is 12.1 Å². The van der Waals surface area contributed by atoms with Crippen molar-refractivity contribution < 1.29 is 9.53 Å². The van der Waals surface area contributed by atoms with E-state index in [2.05, 4.69) is 10.1 Å². The number of aryl methyl sites for hydroxylation is 1. The number of hydrazone groups is 1. The molecule has 1 amide bonds. The molecule has 0 saturated heterocycles. The summed E-state index contributed by atoms with van der Waals surface area (Å²) in [6.45, 7) is 2.01. The van der Waals surface area contributed by atoms with Crippen molar-refractivity contribution in [1.82, 2.24) is 19.9 Å². The Morgan fingerprint density at radius 3 is 2.52 bits per heavy atom. The first-order valence-corrected chi connectivity index (χ1v) is 9.83. The highest BCUT2D eigenvalue weighted by Crippen LogP contribution is 2.32. The zero-order valence-electron chi connectivity index (χ0n) is 17.9. The van der Waals surface area contributed by atoms with Crippen LogP contribution in [0.4, 0.5) is 5.82 Å². The van der Waals surface area contributed by atoms with Crippen molar-refractivity contribution >= 4 is 17.6 Å². The maximum Gasteiger partial charge on any atom is 0.253 e. The van der Waals surface area contributed by atoms with Gasteiger partial charge in [0, 0.05) is 37.8 Å². The fourth-order valence-electron chi connectivity index (χ4n) is 3.34. The van der Waals surface area contributed by atoms with Gasteiger partial charge in [-0.1, -0.05) is 30.3 Å². The van der Waals surface area contributed by atoms with Crippen LogP contribution in [0.2, 0.25) is 0 Å². The van der Waals surface area contributed by atoms with Crippen molar-refractivity contribution in [2.45, 2.75) is 13.2 Å². The number of rotatable bonds is 4. The normalized spacial score (nSPS) is 15.4. The van der Waals surface area contributed by atoms with Crippen LogP contribution in [0.25, 0.3) is 11.3 Å². The van der Waals surface area contributed by atoms with Crippen LogP contribution in [-0.4, -0.2) is 52.8 Å². The van der Waals surface area contributed by atoms with Gasteiger partial charge in [-0.3, -0.25) is 9.80 Å². The third-order valence-electron chi connectivity index (χ3n) is 5.08. The second kappa shape index (κ2) is 8.06. The van der Waals surface area contributed by atoms with Crippen LogP contribution in [0.1, 0.15) is 33.4 Å². The molecule has 1 aliphatic rings. The number of hydrogen-bond donors (Lipinski definition) is 1. The summed E-state index contributed by atoms with van der Waals surface area (Å²) in [5.41, 5.74) is 10.7. The molecule has 1 aliphatic heterocycles. The lowest BCUT2D eigenvalue weighted by atomic mass is 10.1. The molecule has 0 saturated carbocycles. The largest absolute Gasteiger partial charge is 0.444 e. The number of amides is 1. The first-order chi connectivity index (χ1) is 14.8. The van der Waals surface area contributed by atoms with Gasteiger partial charge in [-0.15, -0.1) is 5.10 Å². The van der Waals surface area contributed by atoms with Gasteiger partial charge >= 0.3 is 0 Å². The van der Waals surface area contributed by atoms with Crippen LogP contribution in [0.5, 0.6) is 0 Å². The van der Waals surface area contributed by atoms with Gasteiger partial charge < -0.3 is 15.4 Å². The first kappa shape index (κ1) is 20.3. The van der Waals surface area contributed by atoms with E-state index in [1.54, 1.807) is 37.4 Å². The monoisotopic (exact) mass is 416 g/mol. The van der Waals surface area contributed by atoms with E-state index in [0.29, 0.717) is 22.8 Å². The molecule has 31 heavy (non-hydrogen) atoms. The average Bonchev–Trinajstić information content (AvgIpc) is 3.15. The molecule has 1 atom stereocenters. The van der Waals surface area contributed by atoms with Crippen molar-refractivity contribution in [3.8, 4) is 11.3 Å². The number of nitrogens with two attached hydrogens (primary N) is 1. The van der Waals surface area contributed by atoms with Crippen molar-refractivity contribution in [1.29, 1.82) is 0 Å². The Balaban J connectivity index is 1.62. The van der Waals surface area contributed by atoms with Gasteiger partial charge in [0.1, 0.15) is 5.69 Å². The van der Waals surface area contributed by atoms with Crippen LogP contribution >= 0.6 is 0 Å². The lowest BCUT2D eigenvalue weighted by Gasteiger charge is -2.19. The van der Waals surface area contributed by atoms with E-state index in [4.69, 9.17) is 15.5 Å². The van der Waals surface area contributed by atoms with E-state index in [1.165, 1.54) is 4.90 Å². The fraction of sp³-hybridized carbons (Fsp3) is 0.217. The van der Waals surface area contributed by atoms with Gasteiger partial charge in [-0.2, -0.15) is 0 Å². The van der Waals surface area contributed by atoms with E-state index in [0.717, 1.165) is 16.7 Å². The highest BCUT2D eigenvalue weighted by atomic mass is 16.5. The predicted molar refractivity (Wildman–Crippen MR) is 119 cm³/mol. The number of ether oxygens (including phenoxy) is 1. The Morgan fingerprint density at radius 1 is 1.13 bits per heavy atom. The second-order valence-corrected chi connectivity index (χ2v) is 7.57. The zero-order valence-corrected chi connectivity index (χ0v) is 17.9. The third-order valence-corrected chi connectivity index (χ3v) is 5.08. The van der Waals surface area contributed by atoms with Crippen LogP contribution in [-0.2, 0) is 4.74 Å². The molecule has 0 bridgehead atoms. The lowest BCUT2D eigenvalue weighted by Crippen LogP contribution is -2.21. The average molecular weight is 416 g/mol. The summed E-state index contributed by atoms with van der Waals surface area (Å²) in [5.74, 6) is 0.738. The molecule has 1 aromatic heterocycles. The molecule has 0 radical (unpaired) electrons.